The van der Waals surface area contributed by atoms with Crippen LogP contribution in [-0.2, 0) is 0 Å². The molecule has 1 aromatic carbocycles. The number of H-pyrrole nitrogens is 1. The van der Waals surface area contributed by atoms with Crippen LogP contribution in [0, 0.1) is 6.92 Å². The highest BCUT2D eigenvalue weighted by Gasteiger charge is 2.10. The maximum absolute atomic E-state index is 11.3. The topological polar surface area (TPSA) is 70.2 Å². The summed E-state index contributed by atoms with van der Waals surface area (Å²) in [5, 5.41) is 8.89. The highest BCUT2D eigenvalue weighted by Crippen LogP contribution is 2.21. The lowest BCUT2D eigenvalue weighted by molar-refractivity contribution is 0.0695. The molecular formula is C13H11NO3. The van der Waals surface area contributed by atoms with Crippen LogP contribution >= 0.6 is 0 Å². The van der Waals surface area contributed by atoms with E-state index >= 15 is 0 Å². The van der Waals surface area contributed by atoms with Gasteiger partial charge in [0.15, 0.2) is 0 Å². The summed E-state index contributed by atoms with van der Waals surface area (Å²) < 4.78 is 0. The number of hydrogen-bond acceptors (Lipinski definition) is 2. The first-order valence-electron chi connectivity index (χ1n) is 5.11. The number of aryl methyl sites for hydroxylation is 1. The number of carboxylic acids is 1. The van der Waals surface area contributed by atoms with Crippen molar-refractivity contribution in [2.45, 2.75) is 6.92 Å². The highest BCUT2D eigenvalue weighted by molar-refractivity contribution is 5.88. The van der Waals surface area contributed by atoms with Gasteiger partial charge in [0, 0.05) is 6.20 Å². The van der Waals surface area contributed by atoms with Crippen molar-refractivity contribution >= 4 is 5.97 Å². The van der Waals surface area contributed by atoms with Gasteiger partial charge in [0.1, 0.15) is 5.56 Å². The Hall–Kier alpha value is -2.36. The maximum Gasteiger partial charge on any atom is 0.341 e. The molecule has 4 nitrogen and oxygen atoms in total. The first-order valence-corrected chi connectivity index (χ1v) is 5.11. The van der Waals surface area contributed by atoms with E-state index in [9.17, 15) is 9.59 Å². The van der Waals surface area contributed by atoms with Crippen molar-refractivity contribution in [1.82, 2.24) is 4.98 Å². The number of rotatable bonds is 2. The van der Waals surface area contributed by atoms with Gasteiger partial charge in [0.2, 0.25) is 0 Å². The van der Waals surface area contributed by atoms with Crippen molar-refractivity contribution in [3.63, 3.8) is 0 Å². The molecule has 0 atom stereocenters. The van der Waals surface area contributed by atoms with Crippen LogP contribution in [0.3, 0.4) is 0 Å². The van der Waals surface area contributed by atoms with Crippen LogP contribution in [0.1, 0.15) is 15.9 Å². The molecule has 0 radical (unpaired) electrons. The Bertz CT molecular complexity index is 629. The molecule has 0 saturated carbocycles. The molecule has 0 saturated heterocycles. The van der Waals surface area contributed by atoms with E-state index < -0.39 is 11.5 Å². The van der Waals surface area contributed by atoms with Crippen molar-refractivity contribution in [3.05, 3.63) is 58.0 Å². The second-order valence-electron chi connectivity index (χ2n) is 3.75. The van der Waals surface area contributed by atoms with E-state index in [0.717, 1.165) is 11.1 Å². The molecule has 2 rings (SSSR count). The first kappa shape index (κ1) is 11.1. The van der Waals surface area contributed by atoms with Crippen molar-refractivity contribution in [1.29, 1.82) is 0 Å². The van der Waals surface area contributed by atoms with E-state index in [-0.39, 0.29) is 5.56 Å². The Kier molecular flexibility index (Phi) is 2.78. The summed E-state index contributed by atoms with van der Waals surface area (Å²) in [6.45, 7) is 1.93. The van der Waals surface area contributed by atoms with Gasteiger partial charge in [-0.1, -0.05) is 24.3 Å². The molecule has 17 heavy (non-hydrogen) atoms. The van der Waals surface area contributed by atoms with Gasteiger partial charge in [-0.15, -0.1) is 0 Å². The smallest absolute Gasteiger partial charge is 0.341 e. The van der Waals surface area contributed by atoms with Crippen LogP contribution in [0.2, 0.25) is 0 Å². The standard InChI is InChI=1S/C13H11NO3/c1-8-4-2-3-5-10(8)9-6-11(13(16)17)12(15)14-7-9/h2-7H,1H3,(H,14,15)(H,16,17). The monoisotopic (exact) mass is 229 g/mol. The molecule has 0 amide bonds. The van der Waals surface area contributed by atoms with Crippen LogP contribution in [-0.4, -0.2) is 16.1 Å². The van der Waals surface area contributed by atoms with Gasteiger partial charge in [0.25, 0.3) is 5.56 Å². The molecule has 0 spiro atoms. The van der Waals surface area contributed by atoms with Crippen molar-refractivity contribution in [2.75, 3.05) is 0 Å². The molecule has 0 unspecified atom stereocenters. The molecule has 0 fully saturated rings. The van der Waals surface area contributed by atoms with Crippen molar-refractivity contribution < 1.29 is 9.90 Å². The van der Waals surface area contributed by atoms with E-state index in [1.807, 2.05) is 31.2 Å². The number of carboxylic acid groups (broad SMARTS) is 1. The highest BCUT2D eigenvalue weighted by atomic mass is 16.4. The fraction of sp³-hybridized carbons (Fsp3) is 0.0769. The fourth-order valence-electron chi connectivity index (χ4n) is 1.69. The summed E-state index contributed by atoms with van der Waals surface area (Å²) in [6, 6.07) is 8.98. The minimum atomic E-state index is -1.22. The zero-order valence-corrected chi connectivity index (χ0v) is 9.23. The predicted molar refractivity (Wildman–Crippen MR) is 64.2 cm³/mol. The largest absolute Gasteiger partial charge is 0.477 e. The molecule has 0 aliphatic heterocycles. The Morgan fingerprint density at radius 2 is 2.00 bits per heavy atom. The fourth-order valence-corrected chi connectivity index (χ4v) is 1.69. The summed E-state index contributed by atoms with van der Waals surface area (Å²) in [5.41, 5.74) is 1.79. The first-order chi connectivity index (χ1) is 8.09. The van der Waals surface area contributed by atoms with Crippen molar-refractivity contribution in [2.24, 2.45) is 0 Å². The van der Waals surface area contributed by atoms with E-state index in [1.54, 1.807) is 0 Å². The molecule has 1 heterocycles. The van der Waals surface area contributed by atoms with Gasteiger partial charge < -0.3 is 10.1 Å². The van der Waals surface area contributed by atoms with Crippen LogP contribution in [0.25, 0.3) is 11.1 Å². The summed E-state index contributed by atoms with van der Waals surface area (Å²) >= 11 is 0. The number of carbonyl (C=O) groups is 1. The molecule has 0 bridgehead atoms. The Labute approximate surface area is 97.6 Å². The Morgan fingerprint density at radius 3 is 2.65 bits per heavy atom. The molecular weight excluding hydrogens is 218 g/mol. The second kappa shape index (κ2) is 4.25. The lowest BCUT2D eigenvalue weighted by Gasteiger charge is -2.05. The zero-order valence-electron chi connectivity index (χ0n) is 9.23. The quantitative estimate of drug-likeness (QED) is 0.827. The summed E-state index contributed by atoms with van der Waals surface area (Å²) in [4.78, 5) is 24.6. The van der Waals surface area contributed by atoms with Gasteiger partial charge >= 0.3 is 5.97 Å². The van der Waals surface area contributed by atoms with E-state index in [2.05, 4.69) is 4.98 Å². The minimum absolute atomic E-state index is 0.245. The summed E-state index contributed by atoms with van der Waals surface area (Å²) in [5.74, 6) is -1.22. The number of pyridine rings is 1. The predicted octanol–water partition coefficient (Wildman–Crippen LogP) is 2.05. The third-order valence-corrected chi connectivity index (χ3v) is 2.59. The molecule has 0 aliphatic carbocycles. The third kappa shape index (κ3) is 2.10. The number of hydrogen-bond donors (Lipinski definition) is 2. The average Bonchev–Trinajstić information content (AvgIpc) is 2.30. The zero-order chi connectivity index (χ0) is 12.4. The Balaban J connectivity index is 2.62. The molecule has 0 aliphatic rings. The number of aromatic carboxylic acids is 1. The maximum atomic E-state index is 11.3. The van der Waals surface area contributed by atoms with Gasteiger partial charge in [-0.2, -0.15) is 0 Å². The number of aromatic amines is 1. The SMILES string of the molecule is Cc1ccccc1-c1c[nH]c(=O)c(C(=O)O)c1. The summed E-state index contributed by atoms with van der Waals surface area (Å²) in [7, 11) is 0. The summed E-state index contributed by atoms with van der Waals surface area (Å²) in [6.07, 6.45) is 1.52. The number of benzene rings is 1. The second-order valence-corrected chi connectivity index (χ2v) is 3.75. The lowest BCUT2D eigenvalue weighted by Crippen LogP contribution is -2.16. The van der Waals surface area contributed by atoms with Gasteiger partial charge in [-0.25, -0.2) is 4.79 Å². The lowest BCUT2D eigenvalue weighted by atomic mass is 10.0. The number of aromatic nitrogens is 1. The molecule has 1 aromatic heterocycles. The van der Waals surface area contributed by atoms with Crippen LogP contribution in [0.15, 0.2) is 41.3 Å². The third-order valence-electron chi connectivity index (χ3n) is 2.59. The minimum Gasteiger partial charge on any atom is -0.477 e. The van der Waals surface area contributed by atoms with Crippen LogP contribution in [0.5, 0.6) is 0 Å². The van der Waals surface area contributed by atoms with E-state index in [1.165, 1.54) is 12.3 Å². The van der Waals surface area contributed by atoms with E-state index in [4.69, 9.17) is 5.11 Å². The molecule has 2 aromatic rings. The van der Waals surface area contributed by atoms with Crippen molar-refractivity contribution in [3.8, 4) is 11.1 Å². The normalized spacial score (nSPS) is 10.2. The van der Waals surface area contributed by atoms with Gasteiger partial charge in [0.05, 0.1) is 0 Å². The van der Waals surface area contributed by atoms with E-state index in [0.29, 0.717) is 5.56 Å². The van der Waals surface area contributed by atoms with Crippen LogP contribution < -0.4 is 5.56 Å². The van der Waals surface area contributed by atoms with Gasteiger partial charge in [-0.3, -0.25) is 4.79 Å². The number of nitrogens with one attached hydrogen (secondary N) is 1. The molecule has 4 heteroatoms. The molecule has 2 N–H and O–H groups in total. The molecule has 86 valence electrons. The van der Waals surface area contributed by atoms with Crippen LogP contribution in [0.4, 0.5) is 0 Å². The average molecular weight is 229 g/mol. The Morgan fingerprint density at radius 1 is 1.29 bits per heavy atom. The van der Waals surface area contributed by atoms with Gasteiger partial charge in [-0.05, 0) is 29.7 Å².